The average Bonchev–Trinajstić information content (AvgIpc) is 3.10. The van der Waals surface area contributed by atoms with Gasteiger partial charge in [-0.3, -0.25) is 9.48 Å². The van der Waals surface area contributed by atoms with Gasteiger partial charge in [-0.1, -0.05) is 17.4 Å². The predicted molar refractivity (Wildman–Crippen MR) is 92.8 cm³/mol. The van der Waals surface area contributed by atoms with E-state index in [4.69, 9.17) is 0 Å². The Bertz CT molecular complexity index is 959. The Hall–Kier alpha value is -2.21. The maximum atomic E-state index is 12.4. The summed E-state index contributed by atoms with van der Waals surface area (Å²) in [6.07, 6.45) is 1.81. The van der Waals surface area contributed by atoms with Crippen LogP contribution in [0.2, 0.25) is 0 Å². The second-order valence-corrected chi connectivity index (χ2v) is 7.00. The summed E-state index contributed by atoms with van der Waals surface area (Å²) in [5, 5.41) is 4.29. The number of rotatable bonds is 2. The molecule has 23 heavy (non-hydrogen) atoms. The van der Waals surface area contributed by atoms with Crippen LogP contribution in [0.3, 0.4) is 0 Å². The Balaban J connectivity index is 2.08. The largest absolute Gasteiger partial charge is 0.319 e. The highest BCUT2D eigenvalue weighted by molar-refractivity contribution is 7.16. The Kier molecular flexibility index (Phi) is 3.93. The number of aryl methyl sites for hydroxylation is 3. The van der Waals surface area contributed by atoms with Crippen LogP contribution in [-0.4, -0.2) is 20.3 Å². The van der Waals surface area contributed by atoms with Gasteiger partial charge in [0.15, 0.2) is 10.5 Å². The van der Waals surface area contributed by atoms with E-state index in [1.54, 1.807) is 10.7 Å². The van der Waals surface area contributed by atoms with Crippen molar-refractivity contribution in [3.8, 4) is 0 Å². The molecule has 120 valence electrons. The van der Waals surface area contributed by atoms with Crippen molar-refractivity contribution in [2.75, 3.05) is 0 Å². The van der Waals surface area contributed by atoms with Crippen molar-refractivity contribution in [3.63, 3.8) is 0 Å². The van der Waals surface area contributed by atoms with Gasteiger partial charge in [0, 0.05) is 19.3 Å². The fourth-order valence-electron chi connectivity index (χ4n) is 2.52. The molecule has 1 amide bonds. The molecular formula is C17H20N4OS. The van der Waals surface area contributed by atoms with Gasteiger partial charge < -0.3 is 4.57 Å². The van der Waals surface area contributed by atoms with Crippen molar-refractivity contribution in [3.05, 3.63) is 46.0 Å². The second-order valence-electron chi connectivity index (χ2n) is 5.99. The minimum Gasteiger partial charge on any atom is -0.319 e. The van der Waals surface area contributed by atoms with E-state index in [2.05, 4.69) is 36.1 Å². The van der Waals surface area contributed by atoms with Gasteiger partial charge in [0.05, 0.1) is 10.2 Å². The summed E-state index contributed by atoms with van der Waals surface area (Å²) < 4.78 is 4.88. The summed E-state index contributed by atoms with van der Waals surface area (Å²) in [6, 6.07) is 6.13. The Morgan fingerprint density at radius 1 is 1.26 bits per heavy atom. The molecular weight excluding hydrogens is 308 g/mol. The lowest BCUT2D eigenvalue weighted by molar-refractivity contribution is 0.0992. The molecule has 0 aliphatic rings. The molecule has 0 saturated heterocycles. The highest BCUT2D eigenvalue weighted by atomic mass is 32.1. The predicted octanol–water partition coefficient (Wildman–Crippen LogP) is 3.38. The topological polar surface area (TPSA) is 52.2 Å². The number of hydrogen-bond donors (Lipinski definition) is 0. The lowest BCUT2D eigenvalue weighted by atomic mass is 10.1. The molecule has 0 aliphatic carbocycles. The van der Waals surface area contributed by atoms with Crippen LogP contribution in [0.5, 0.6) is 0 Å². The number of nitrogens with zero attached hydrogens (tertiary/aromatic N) is 4. The zero-order chi connectivity index (χ0) is 16.7. The fourth-order valence-corrected chi connectivity index (χ4v) is 3.60. The smallest absolute Gasteiger partial charge is 0.300 e. The summed E-state index contributed by atoms with van der Waals surface area (Å²) in [4.78, 5) is 17.4. The average molecular weight is 328 g/mol. The van der Waals surface area contributed by atoms with Gasteiger partial charge in [0.2, 0.25) is 0 Å². The number of amides is 1. The molecule has 0 spiro atoms. The summed E-state index contributed by atoms with van der Waals surface area (Å²) in [5.41, 5.74) is 3.97. The minimum atomic E-state index is -0.305. The monoisotopic (exact) mass is 328 g/mol. The maximum Gasteiger partial charge on any atom is 0.300 e. The number of carbonyl (C=O) groups is 1. The van der Waals surface area contributed by atoms with Crippen LogP contribution in [-0.2, 0) is 7.05 Å². The summed E-state index contributed by atoms with van der Waals surface area (Å²) >= 11 is 1.52. The van der Waals surface area contributed by atoms with Gasteiger partial charge in [-0.15, -0.1) is 0 Å². The quantitative estimate of drug-likeness (QED) is 0.724. The molecule has 0 atom stereocenters. The molecule has 0 fully saturated rings. The zero-order valence-electron chi connectivity index (χ0n) is 14.0. The molecule has 0 unspecified atom stereocenters. The molecule has 2 aromatic heterocycles. The molecule has 6 heteroatoms. The van der Waals surface area contributed by atoms with Crippen LogP contribution in [0.15, 0.2) is 29.4 Å². The van der Waals surface area contributed by atoms with E-state index < -0.39 is 0 Å². The first-order valence-corrected chi connectivity index (χ1v) is 8.40. The lowest BCUT2D eigenvalue weighted by Crippen LogP contribution is -2.14. The van der Waals surface area contributed by atoms with Crippen LogP contribution >= 0.6 is 11.3 Å². The maximum absolute atomic E-state index is 12.4. The number of fused-ring (bicyclic) bond motifs is 1. The van der Waals surface area contributed by atoms with Crippen LogP contribution in [0.1, 0.15) is 41.5 Å². The van der Waals surface area contributed by atoms with Crippen LogP contribution in [0.25, 0.3) is 10.2 Å². The highest BCUT2D eigenvalue weighted by Crippen LogP contribution is 2.23. The first kappa shape index (κ1) is 15.7. The molecule has 2 heterocycles. The lowest BCUT2D eigenvalue weighted by Gasteiger charge is -2.03. The zero-order valence-corrected chi connectivity index (χ0v) is 14.8. The standard InChI is InChI=1S/C17H20N4OS/c1-10(2)21-9-8-13(19-21)16(22)18-17-20(5)15-12(4)11(3)6-7-14(15)23-17/h6-10H,1-5H3. The van der Waals surface area contributed by atoms with E-state index >= 15 is 0 Å². The van der Waals surface area contributed by atoms with Crippen molar-refractivity contribution >= 4 is 27.5 Å². The van der Waals surface area contributed by atoms with Crippen molar-refractivity contribution in [1.29, 1.82) is 0 Å². The van der Waals surface area contributed by atoms with Gasteiger partial charge in [-0.25, -0.2) is 0 Å². The van der Waals surface area contributed by atoms with Crippen LogP contribution in [0.4, 0.5) is 0 Å². The SMILES string of the molecule is Cc1ccc2sc(=NC(=O)c3ccn(C(C)C)n3)n(C)c2c1C. The van der Waals surface area contributed by atoms with Gasteiger partial charge in [0.25, 0.3) is 5.91 Å². The molecule has 3 aromatic rings. The van der Waals surface area contributed by atoms with Gasteiger partial charge >= 0.3 is 0 Å². The number of aromatic nitrogens is 3. The molecule has 0 aliphatic heterocycles. The first-order chi connectivity index (χ1) is 10.9. The Morgan fingerprint density at radius 2 is 2.00 bits per heavy atom. The van der Waals surface area contributed by atoms with Gasteiger partial charge in [-0.05, 0) is 51.0 Å². The van der Waals surface area contributed by atoms with Crippen molar-refractivity contribution in [1.82, 2.24) is 14.3 Å². The number of hydrogen-bond acceptors (Lipinski definition) is 3. The van der Waals surface area contributed by atoms with Crippen molar-refractivity contribution in [2.24, 2.45) is 12.0 Å². The third-order valence-corrected chi connectivity index (χ3v) is 5.14. The number of thiazole rings is 1. The molecule has 0 saturated carbocycles. The number of carbonyl (C=O) groups excluding carboxylic acids is 1. The van der Waals surface area contributed by atoms with Crippen LogP contribution in [0, 0.1) is 13.8 Å². The van der Waals surface area contributed by atoms with E-state index in [0.717, 1.165) is 10.2 Å². The second kappa shape index (κ2) is 5.77. The fraction of sp³-hybridized carbons (Fsp3) is 0.353. The van der Waals surface area contributed by atoms with Crippen molar-refractivity contribution < 1.29 is 4.79 Å². The molecule has 0 bridgehead atoms. The molecule has 1 aromatic carbocycles. The van der Waals surface area contributed by atoms with E-state index in [-0.39, 0.29) is 11.9 Å². The Morgan fingerprint density at radius 3 is 2.65 bits per heavy atom. The molecule has 3 rings (SSSR count). The minimum absolute atomic E-state index is 0.225. The molecule has 5 nitrogen and oxygen atoms in total. The first-order valence-electron chi connectivity index (χ1n) is 7.58. The van der Waals surface area contributed by atoms with E-state index in [1.807, 2.05) is 31.7 Å². The summed E-state index contributed by atoms with van der Waals surface area (Å²) in [5.74, 6) is -0.305. The van der Waals surface area contributed by atoms with Crippen molar-refractivity contribution in [2.45, 2.75) is 33.7 Å². The molecule has 0 radical (unpaired) electrons. The Labute approximate surface area is 138 Å². The summed E-state index contributed by atoms with van der Waals surface area (Å²) in [7, 11) is 1.95. The summed E-state index contributed by atoms with van der Waals surface area (Å²) in [6.45, 7) is 8.23. The van der Waals surface area contributed by atoms with Gasteiger partial charge in [-0.2, -0.15) is 10.1 Å². The highest BCUT2D eigenvalue weighted by Gasteiger charge is 2.12. The number of benzene rings is 1. The van der Waals surface area contributed by atoms with Gasteiger partial charge in [0.1, 0.15) is 0 Å². The normalized spacial score (nSPS) is 12.5. The van der Waals surface area contributed by atoms with Crippen LogP contribution < -0.4 is 4.80 Å². The van der Waals surface area contributed by atoms with E-state index in [1.165, 1.54) is 22.5 Å². The van der Waals surface area contributed by atoms with E-state index in [0.29, 0.717) is 10.5 Å². The van der Waals surface area contributed by atoms with E-state index in [9.17, 15) is 4.79 Å². The third kappa shape index (κ3) is 2.74. The third-order valence-electron chi connectivity index (χ3n) is 4.04. The molecule has 0 N–H and O–H groups in total.